The molecule has 24 heavy (non-hydrogen) atoms. The van der Waals surface area contributed by atoms with Crippen LogP contribution in [0.5, 0.6) is 0 Å². The molecule has 1 atom stereocenters. The van der Waals surface area contributed by atoms with E-state index in [1.807, 2.05) is 30.3 Å². The molecule has 0 bridgehead atoms. The molecule has 0 saturated heterocycles. The van der Waals surface area contributed by atoms with Gasteiger partial charge < -0.3 is 0 Å². The van der Waals surface area contributed by atoms with Crippen molar-refractivity contribution >= 4 is 20.0 Å². The highest BCUT2D eigenvalue weighted by Crippen LogP contribution is 2.41. The van der Waals surface area contributed by atoms with Crippen molar-refractivity contribution < 1.29 is 16.8 Å². The van der Waals surface area contributed by atoms with Crippen molar-refractivity contribution in [3.05, 3.63) is 60.2 Å². The average molecular weight is 366 g/mol. The van der Waals surface area contributed by atoms with Gasteiger partial charge in [-0.3, -0.25) is 0 Å². The summed E-state index contributed by atoms with van der Waals surface area (Å²) in [6, 6.07) is 14.0. The predicted octanol–water partition coefficient (Wildman–Crippen LogP) is 1.76. The van der Waals surface area contributed by atoms with Crippen LogP contribution in [0, 0.1) is 5.92 Å². The molecule has 3 rings (SSSR count). The number of hydrogen-bond donors (Lipinski definition) is 2. The molecule has 3 N–H and O–H groups in total. The second-order valence-electron chi connectivity index (χ2n) is 5.86. The van der Waals surface area contributed by atoms with Crippen molar-refractivity contribution in [2.24, 2.45) is 11.1 Å². The number of nitrogens with one attached hydrogen (secondary N) is 1. The topological polar surface area (TPSA) is 106 Å². The lowest BCUT2D eigenvalue weighted by Gasteiger charge is -2.19. The van der Waals surface area contributed by atoms with E-state index in [2.05, 4.69) is 4.72 Å². The lowest BCUT2D eigenvalue weighted by molar-refractivity contribution is 0.529. The van der Waals surface area contributed by atoms with Gasteiger partial charge in [0.15, 0.2) is 0 Å². The van der Waals surface area contributed by atoms with E-state index in [9.17, 15) is 16.8 Å². The van der Waals surface area contributed by atoms with Crippen LogP contribution in [0.15, 0.2) is 64.4 Å². The minimum absolute atomic E-state index is 0.0106. The number of primary sulfonamides is 1. The SMILES string of the molecule is NS(=O)(=O)c1ccc(S(=O)(=O)N[C@H](c2ccccc2)C2CC2)cc1. The lowest BCUT2D eigenvalue weighted by atomic mass is 10.0. The first-order valence-electron chi connectivity index (χ1n) is 7.47. The van der Waals surface area contributed by atoms with Gasteiger partial charge in [-0.05, 0) is 48.6 Å². The summed E-state index contributed by atoms with van der Waals surface area (Å²) in [5, 5.41) is 5.03. The maximum Gasteiger partial charge on any atom is 0.241 e. The number of nitrogens with two attached hydrogens (primary N) is 1. The van der Waals surface area contributed by atoms with Gasteiger partial charge in [-0.15, -0.1) is 0 Å². The van der Waals surface area contributed by atoms with E-state index in [1.54, 1.807) is 0 Å². The van der Waals surface area contributed by atoms with Gasteiger partial charge in [0.2, 0.25) is 20.0 Å². The molecule has 1 aliphatic rings. The monoisotopic (exact) mass is 366 g/mol. The van der Waals surface area contributed by atoms with Crippen molar-refractivity contribution in [2.45, 2.75) is 28.7 Å². The first kappa shape index (κ1) is 17.1. The fourth-order valence-electron chi connectivity index (χ4n) is 2.57. The van der Waals surface area contributed by atoms with E-state index in [0.717, 1.165) is 18.4 Å². The Morgan fingerprint density at radius 2 is 1.42 bits per heavy atom. The molecule has 0 aliphatic heterocycles. The van der Waals surface area contributed by atoms with E-state index in [1.165, 1.54) is 24.3 Å². The summed E-state index contributed by atoms with van der Waals surface area (Å²) in [6.07, 6.45) is 1.96. The second-order valence-corrected chi connectivity index (χ2v) is 9.14. The minimum Gasteiger partial charge on any atom is -0.225 e. The van der Waals surface area contributed by atoms with Gasteiger partial charge in [0.1, 0.15) is 0 Å². The molecule has 0 amide bonds. The molecule has 128 valence electrons. The molecule has 6 nitrogen and oxygen atoms in total. The molecule has 1 aliphatic carbocycles. The first-order chi connectivity index (χ1) is 11.3. The molecule has 8 heteroatoms. The van der Waals surface area contributed by atoms with Crippen LogP contribution < -0.4 is 9.86 Å². The summed E-state index contributed by atoms with van der Waals surface area (Å²) in [6.45, 7) is 0. The van der Waals surface area contributed by atoms with Crippen LogP contribution in [0.3, 0.4) is 0 Å². The molecule has 1 fully saturated rings. The zero-order valence-electron chi connectivity index (χ0n) is 12.8. The maximum atomic E-state index is 12.6. The van der Waals surface area contributed by atoms with Crippen LogP contribution in [0.25, 0.3) is 0 Å². The quantitative estimate of drug-likeness (QED) is 0.812. The van der Waals surface area contributed by atoms with Crippen molar-refractivity contribution in [1.82, 2.24) is 4.72 Å². The van der Waals surface area contributed by atoms with Gasteiger partial charge in [0.05, 0.1) is 9.79 Å². The standard InChI is InChI=1S/C16H18N2O4S2/c17-23(19,20)14-8-10-15(11-9-14)24(21,22)18-16(13-6-7-13)12-4-2-1-3-5-12/h1-5,8-11,13,16,18H,6-7H2,(H2,17,19,20)/t16-/m1/s1. The Kier molecular flexibility index (Phi) is 4.48. The number of rotatable bonds is 6. The smallest absolute Gasteiger partial charge is 0.225 e. The molecular weight excluding hydrogens is 348 g/mol. The Hall–Kier alpha value is -1.74. The molecule has 0 radical (unpaired) electrons. The fraction of sp³-hybridized carbons (Fsp3) is 0.250. The van der Waals surface area contributed by atoms with Gasteiger partial charge in [-0.25, -0.2) is 26.7 Å². The van der Waals surface area contributed by atoms with Crippen LogP contribution in [0.2, 0.25) is 0 Å². The van der Waals surface area contributed by atoms with Gasteiger partial charge >= 0.3 is 0 Å². The maximum absolute atomic E-state index is 12.6. The highest BCUT2D eigenvalue weighted by atomic mass is 32.2. The molecular formula is C16H18N2O4S2. The lowest BCUT2D eigenvalue weighted by Crippen LogP contribution is -2.30. The van der Waals surface area contributed by atoms with Crippen molar-refractivity contribution in [3.63, 3.8) is 0 Å². The number of benzene rings is 2. The number of hydrogen-bond acceptors (Lipinski definition) is 4. The van der Waals surface area contributed by atoms with Crippen molar-refractivity contribution in [2.75, 3.05) is 0 Å². The number of sulfonamides is 2. The van der Waals surface area contributed by atoms with Crippen LogP contribution in [-0.4, -0.2) is 16.8 Å². The molecule has 2 aromatic rings. The first-order valence-corrected chi connectivity index (χ1v) is 10.5. The summed E-state index contributed by atoms with van der Waals surface area (Å²) in [5.74, 6) is 0.283. The minimum atomic E-state index is -3.85. The van der Waals surface area contributed by atoms with Crippen molar-refractivity contribution in [1.29, 1.82) is 0 Å². The zero-order valence-corrected chi connectivity index (χ0v) is 14.4. The van der Waals surface area contributed by atoms with Gasteiger partial charge in [-0.2, -0.15) is 0 Å². The Balaban J connectivity index is 1.87. The Morgan fingerprint density at radius 1 is 0.875 bits per heavy atom. The Labute approximate surface area is 141 Å². The van der Waals surface area contributed by atoms with Gasteiger partial charge in [0, 0.05) is 6.04 Å². The molecule has 0 unspecified atom stereocenters. The highest BCUT2D eigenvalue weighted by molar-refractivity contribution is 7.89. The second kappa shape index (κ2) is 6.29. The van der Waals surface area contributed by atoms with E-state index in [0.29, 0.717) is 0 Å². The zero-order chi connectivity index (χ0) is 17.4. The largest absolute Gasteiger partial charge is 0.241 e. The summed E-state index contributed by atoms with van der Waals surface area (Å²) in [4.78, 5) is -0.111. The van der Waals surface area contributed by atoms with Crippen LogP contribution in [0.4, 0.5) is 0 Å². The molecule has 0 aromatic heterocycles. The third kappa shape index (κ3) is 3.84. The Bertz CT molecular complexity index is 920. The average Bonchev–Trinajstić information content (AvgIpc) is 3.38. The fourth-order valence-corrected chi connectivity index (χ4v) is 4.38. The van der Waals surface area contributed by atoms with Gasteiger partial charge in [0.25, 0.3) is 0 Å². The molecule has 1 saturated carbocycles. The van der Waals surface area contributed by atoms with E-state index < -0.39 is 20.0 Å². The highest BCUT2D eigenvalue weighted by Gasteiger charge is 2.35. The summed E-state index contributed by atoms with van der Waals surface area (Å²) < 4.78 is 50.5. The van der Waals surface area contributed by atoms with Gasteiger partial charge in [-0.1, -0.05) is 30.3 Å². The third-order valence-corrected chi connectivity index (χ3v) is 6.38. The van der Waals surface area contributed by atoms with E-state index in [-0.39, 0.29) is 21.8 Å². The Morgan fingerprint density at radius 3 is 1.92 bits per heavy atom. The van der Waals surface area contributed by atoms with E-state index in [4.69, 9.17) is 5.14 Å². The molecule has 0 heterocycles. The van der Waals surface area contributed by atoms with Crippen LogP contribution >= 0.6 is 0 Å². The summed E-state index contributed by atoms with van der Waals surface area (Å²) >= 11 is 0. The third-order valence-electron chi connectivity index (χ3n) is 4.00. The van der Waals surface area contributed by atoms with Crippen molar-refractivity contribution in [3.8, 4) is 0 Å². The van der Waals surface area contributed by atoms with E-state index >= 15 is 0 Å². The summed E-state index contributed by atoms with van der Waals surface area (Å²) in [7, 11) is -7.61. The van der Waals surface area contributed by atoms with Crippen LogP contribution in [0.1, 0.15) is 24.4 Å². The summed E-state index contributed by atoms with van der Waals surface area (Å²) in [5.41, 5.74) is 0.921. The predicted molar refractivity (Wildman–Crippen MR) is 90.0 cm³/mol. The normalized spacial score (nSPS) is 16.7. The molecule has 0 spiro atoms. The molecule has 2 aromatic carbocycles. The van der Waals surface area contributed by atoms with Crippen LogP contribution in [-0.2, 0) is 20.0 Å².